The van der Waals surface area contributed by atoms with Crippen LogP contribution in [-0.2, 0) is 20.7 Å². The van der Waals surface area contributed by atoms with Gasteiger partial charge in [-0.25, -0.2) is 4.79 Å². The first-order chi connectivity index (χ1) is 14.7. The second-order valence-corrected chi connectivity index (χ2v) is 7.38. The van der Waals surface area contributed by atoms with Gasteiger partial charge in [-0.1, -0.05) is 12.1 Å². The number of carbonyl (C=O) groups is 2. The third-order valence-electron chi connectivity index (χ3n) is 4.37. The van der Waals surface area contributed by atoms with E-state index in [-0.39, 0.29) is 22.5 Å². The van der Waals surface area contributed by atoms with Crippen LogP contribution in [0.2, 0.25) is 0 Å². The van der Waals surface area contributed by atoms with E-state index < -0.39 is 30.0 Å². The number of nitro benzene ring substituents is 1. The fourth-order valence-electron chi connectivity index (χ4n) is 3.06. The molecule has 0 saturated carbocycles. The Bertz CT molecular complexity index is 1090. The lowest BCUT2D eigenvalue weighted by Crippen LogP contribution is -2.25. The topological polar surface area (TPSA) is 141 Å². The molecule has 1 amide bonds. The SMILES string of the molecule is CC1(C)Cc2cccc(OCC(=O)OCC(=O)Nc3ccc([N+](=O)[O-])cc3C#N)c2O1. The van der Waals surface area contributed by atoms with Crippen LogP contribution in [0.3, 0.4) is 0 Å². The van der Waals surface area contributed by atoms with Gasteiger partial charge in [-0.15, -0.1) is 0 Å². The molecule has 0 bridgehead atoms. The van der Waals surface area contributed by atoms with E-state index in [9.17, 15) is 19.7 Å². The number of amides is 1. The molecule has 1 N–H and O–H groups in total. The average Bonchev–Trinajstić information content (AvgIpc) is 3.05. The lowest BCUT2D eigenvalue weighted by molar-refractivity contribution is -0.384. The van der Waals surface area contributed by atoms with Gasteiger partial charge in [0.25, 0.3) is 11.6 Å². The number of ether oxygens (including phenoxy) is 3. The van der Waals surface area contributed by atoms with Gasteiger partial charge in [-0.3, -0.25) is 14.9 Å². The van der Waals surface area contributed by atoms with E-state index in [1.54, 1.807) is 18.2 Å². The van der Waals surface area contributed by atoms with E-state index in [1.807, 2.05) is 19.9 Å². The highest BCUT2D eigenvalue weighted by Gasteiger charge is 2.32. The van der Waals surface area contributed by atoms with Crippen LogP contribution >= 0.6 is 0 Å². The van der Waals surface area contributed by atoms with E-state index in [0.717, 1.165) is 24.1 Å². The summed E-state index contributed by atoms with van der Waals surface area (Å²) in [7, 11) is 0. The number of benzene rings is 2. The summed E-state index contributed by atoms with van der Waals surface area (Å²) in [4.78, 5) is 34.1. The van der Waals surface area contributed by atoms with Gasteiger partial charge in [0.1, 0.15) is 11.7 Å². The molecule has 2 aromatic carbocycles. The van der Waals surface area contributed by atoms with Gasteiger partial charge in [0, 0.05) is 24.1 Å². The molecule has 0 unspecified atom stereocenters. The number of carbonyl (C=O) groups excluding carboxylic acids is 2. The second-order valence-electron chi connectivity index (χ2n) is 7.38. The summed E-state index contributed by atoms with van der Waals surface area (Å²) in [5, 5.41) is 22.2. The minimum Gasteiger partial charge on any atom is -0.483 e. The van der Waals surface area contributed by atoms with Gasteiger partial charge in [-0.05, 0) is 26.0 Å². The predicted octanol–water partition coefficient (Wildman–Crippen LogP) is 2.74. The van der Waals surface area contributed by atoms with Crippen molar-refractivity contribution in [1.29, 1.82) is 5.26 Å². The molecule has 3 rings (SSSR count). The normalized spacial score (nSPS) is 13.3. The minimum atomic E-state index is -0.769. The van der Waals surface area contributed by atoms with Gasteiger partial charge >= 0.3 is 5.97 Å². The van der Waals surface area contributed by atoms with Crippen LogP contribution in [0, 0.1) is 21.4 Å². The largest absolute Gasteiger partial charge is 0.483 e. The van der Waals surface area contributed by atoms with Crippen molar-refractivity contribution < 1.29 is 28.7 Å². The number of para-hydroxylation sites is 1. The number of nitriles is 1. The Morgan fingerprint density at radius 1 is 1.29 bits per heavy atom. The number of non-ortho nitro benzene ring substituents is 1. The molecule has 10 heteroatoms. The Balaban J connectivity index is 1.51. The lowest BCUT2D eigenvalue weighted by atomic mass is 10.0. The van der Waals surface area contributed by atoms with Crippen LogP contribution in [0.1, 0.15) is 25.0 Å². The number of nitro groups is 1. The second kappa shape index (κ2) is 8.71. The minimum absolute atomic E-state index is 0.0741. The third-order valence-corrected chi connectivity index (χ3v) is 4.37. The summed E-state index contributed by atoms with van der Waals surface area (Å²) in [5.74, 6) is -0.479. The standard InChI is InChI=1S/C21H19N3O7/c1-21(2)9-13-4-3-5-17(20(13)31-21)29-12-19(26)30-11-18(25)23-16-7-6-15(24(27)28)8-14(16)10-22/h3-8H,9,11-12H2,1-2H3,(H,23,25). The molecular formula is C21H19N3O7. The number of fused-ring (bicyclic) bond motifs is 1. The average molecular weight is 425 g/mol. The van der Waals surface area contributed by atoms with E-state index in [2.05, 4.69) is 5.32 Å². The molecule has 0 aliphatic carbocycles. The number of hydrogen-bond donors (Lipinski definition) is 1. The van der Waals surface area contributed by atoms with E-state index in [0.29, 0.717) is 11.5 Å². The third kappa shape index (κ3) is 5.27. The Hall–Kier alpha value is -4.13. The van der Waals surface area contributed by atoms with Crippen LogP contribution in [0.15, 0.2) is 36.4 Å². The van der Waals surface area contributed by atoms with Crippen LogP contribution in [0.25, 0.3) is 0 Å². The van der Waals surface area contributed by atoms with E-state index in [1.165, 1.54) is 6.07 Å². The Kier molecular flexibility index (Phi) is 6.06. The molecule has 31 heavy (non-hydrogen) atoms. The van der Waals surface area contributed by atoms with Crippen molar-refractivity contribution in [1.82, 2.24) is 0 Å². The summed E-state index contributed by atoms with van der Waals surface area (Å²) in [6, 6.07) is 10.6. The molecule has 0 spiro atoms. The molecule has 0 fully saturated rings. The Morgan fingerprint density at radius 2 is 2.06 bits per heavy atom. The van der Waals surface area contributed by atoms with Crippen molar-refractivity contribution in [3.8, 4) is 17.6 Å². The zero-order valence-electron chi connectivity index (χ0n) is 16.8. The van der Waals surface area contributed by atoms with Gasteiger partial charge < -0.3 is 19.5 Å². The van der Waals surface area contributed by atoms with Crippen LogP contribution in [0.5, 0.6) is 11.5 Å². The van der Waals surface area contributed by atoms with Crippen molar-refractivity contribution in [3.63, 3.8) is 0 Å². The van der Waals surface area contributed by atoms with E-state index in [4.69, 9.17) is 19.5 Å². The maximum Gasteiger partial charge on any atom is 0.344 e. The molecule has 0 radical (unpaired) electrons. The van der Waals surface area contributed by atoms with Crippen molar-refractivity contribution >= 4 is 23.3 Å². The number of nitrogens with one attached hydrogen (secondary N) is 1. The maximum absolute atomic E-state index is 12.0. The maximum atomic E-state index is 12.0. The first-order valence-electron chi connectivity index (χ1n) is 9.26. The Labute approximate surface area is 177 Å². The summed E-state index contributed by atoms with van der Waals surface area (Å²) in [6.07, 6.45) is 0.720. The van der Waals surface area contributed by atoms with Crippen LogP contribution in [0.4, 0.5) is 11.4 Å². The molecule has 1 aliphatic rings. The highest BCUT2D eigenvalue weighted by atomic mass is 16.6. The predicted molar refractivity (Wildman–Crippen MR) is 108 cm³/mol. The summed E-state index contributed by atoms with van der Waals surface area (Å²) < 4.78 is 16.2. The molecule has 1 aliphatic heterocycles. The van der Waals surface area contributed by atoms with Gasteiger partial charge in [0.2, 0.25) is 0 Å². The molecule has 160 valence electrons. The summed E-state index contributed by atoms with van der Waals surface area (Å²) in [6.45, 7) is 2.87. The fraction of sp³-hybridized carbons (Fsp3) is 0.286. The highest BCUT2D eigenvalue weighted by molar-refractivity contribution is 5.94. The highest BCUT2D eigenvalue weighted by Crippen LogP contribution is 2.41. The van der Waals surface area contributed by atoms with Gasteiger partial charge in [-0.2, -0.15) is 5.26 Å². The molecule has 0 aromatic heterocycles. The fourth-order valence-corrected chi connectivity index (χ4v) is 3.06. The number of rotatable bonds is 7. The zero-order chi connectivity index (χ0) is 22.6. The summed E-state index contributed by atoms with van der Waals surface area (Å²) >= 11 is 0. The number of nitrogens with zero attached hydrogens (tertiary/aromatic N) is 2. The quantitative estimate of drug-likeness (QED) is 0.405. The first-order valence-corrected chi connectivity index (χ1v) is 9.26. The lowest BCUT2D eigenvalue weighted by Gasteiger charge is -2.18. The first kappa shape index (κ1) is 21.6. The number of anilines is 1. The van der Waals surface area contributed by atoms with Crippen molar-refractivity contribution in [2.45, 2.75) is 25.9 Å². The van der Waals surface area contributed by atoms with Gasteiger partial charge in [0.05, 0.1) is 16.2 Å². The van der Waals surface area contributed by atoms with Gasteiger partial charge in [0.15, 0.2) is 24.7 Å². The zero-order valence-corrected chi connectivity index (χ0v) is 16.8. The molecular weight excluding hydrogens is 406 g/mol. The number of hydrogen-bond acceptors (Lipinski definition) is 8. The monoisotopic (exact) mass is 425 g/mol. The van der Waals surface area contributed by atoms with Crippen molar-refractivity contribution in [3.05, 3.63) is 57.6 Å². The van der Waals surface area contributed by atoms with Crippen molar-refractivity contribution in [2.75, 3.05) is 18.5 Å². The smallest absolute Gasteiger partial charge is 0.344 e. The van der Waals surface area contributed by atoms with Crippen LogP contribution < -0.4 is 14.8 Å². The molecule has 1 heterocycles. The summed E-state index contributed by atoms with van der Waals surface area (Å²) in [5.41, 5.74) is 0.327. The molecule has 10 nitrogen and oxygen atoms in total. The molecule has 0 atom stereocenters. The Morgan fingerprint density at radius 3 is 2.77 bits per heavy atom. The molecule has 0 saturated heterocycles. The number of esters is 1. The van der Waals surface area contributed by atoms with Crippen LogP contribution in [-0.4, -0.2) is 35.6 Å². The molecule has 2 aromatic rings. The van der Waals surface area contributed by atoms with E-state index >= 15 is 0 Å². The van der Waals surface area contributed by atoms with Crippen molar-refractivity contribution in [2.24, 2.45) is 0 Å².